The fourth-order valence-corrected chi connectivity index (χ4v) is 1.48. The molecule has 2 N–H and O–H groups in total. The standard InChI is InChI=1S/C9H15N3/c1-7-4-11-6-12(7)5-9(10)8-2-3-8/h4,6,8-9H,2-3,5,10H2,1H3. The topological polar surface area (TPSA) is 43.8 Å². The summed E-state index contributed by atoms with van der Waals surface area (Å²) in [7, 11) is 0. The number of imidazole rings is 1. The van der Waals surface area contributed by atoms with Gasteiger partial charge in [-0.1, -0.05) is 0 Å². The Labute approximate surface area is 72.6 Å². The summed E-state index contributed by atoms with van der Waals surface area (Å²) in [5, 5.41) is 0. The fourth-order valence-electron chi connectivity index (χ4n) is 1.48. The van der Waals surface area contributed by atoms with Crippen molar-refractivity contribution in [1.82, 2.24) is 9.55 Å². The van der Waals surface area contributed by atoms with Crippen molar-refractivity contribution in [2.75, 3.05) is 0 Å². The van der Waals surface area contributed by atoms with Gasteiger partial charge >= 0.3 is 0 Å². The Bertz CT molecular complexity index is 262. The molecule has 3 nitrogen and oxygen atoms in total. The molecule has 1 heterocycles. The average molecular weight is 165 g/mol. The van der Waals surface area contributed by atoms with Gasteiger partial charge in [-0.05, 0) is 25.7 Å². The van der Waals surface area contributed by atoms with Crippen LogP contribution in [0.4, 0.5) is 0 Å². The predicted molar refractivity (Wildman–Crippen MR) is 47.7 cm³/mol. The predicted octanol–water partition coefficient (Wildman–Crippen LogP) is 0.929. The van der Waals surface area contributed by atoms with Crippen molar-refractivity contribution < 1.29 is 0 Å². The highest BCUT2D eigenvalue weighted by atomic mass is 15.1. The second kappa shape index (κ2) is 2.90. The van der Waals surface area contributed by atoms with Gasteiger partial charge in [0.2, 0.25) is 0 Å². The molecule has 1 fully saturated rings. The van der Waals surface area contributed by atoms with E-state index < -0.39 is 0 Å². The molecule has 1 aliphatic carbocycles. The molecule has 2 rings (SSSR count). The molecule has 0 spiro atoms. The van der Waals surface area contributed by atoms with Crippen molar-refractivity contribution in [3.63, 3.8) is 0 Å². The van der Waals surface area contributed by atoms with Gasteiger partial charge < -0.3 is 10.3 Å². The van der Waals surface area contributed by atoms with Gasteiger partial charge in [0.05, 0.1) is 6.33 Å². The maximum absolute atomic E-state index is 5.99. The van der Waals surface area contributed by atoms with Gasteiger partial charge in [0.25, 0.3) is 0 Å². The number of aryl methyl sites for hydroxylation is 1. The second-order valence-corrected chi connectivity index (χ2v) is 3.69. The molecule has 0 saturated heterocycles. The molecule has 1 aromatic heterocycles. The van der Waals surface area contributed by atoms with Gasteiger partial charge in [-0.2, -0.15) is 0 Å². The van der Waals surface area contributed by atoms with Crippen LogP contribution < -0.4 is 5.73 Å². The van der Waals surface area contributed by atoms with Crippen LogP contribution in [0, 0.1) is 12.8 Å². The van der Waals surface area contributed by atoms with Gasteiger partial charge in [-0.15, -0.1) is 0 Å². The van der Waals surface area contributed by atoms with Crippen LogP contribution in [-0.4, -0.2) is 15.6 Å². The molecule has 12 heavy (non-hydrogen) atoms. The quantitative estimate of drug-likeness (QED) is 0.724. The highest BCUT2D eigenvalue weighted by Crippen LogP contribution is 2.32. The zero-order valence-electron chi connectivity index (χ0n) is 7.40. The van der Waals surface area contributed by atoms with Crippen LogP contribution in [0.1, 0.15) is 18.5 Å². The fraction of sp³-hybridized carbons (Fsp3) is 0.667. The normalized spacial score (nSPS) is 19.5. The van der Waals surface area contributed by atoms with E-state index in [1.54, 1.807) is 0 Å². The lowest BCUT2D eigenvalue weighted by molar-refractivity contribution is 0.496. The summed E-state index contributed by atoms with van der Waals surface area (Å²) in [6, 6.07) is 0.331. The van der Waals surface area contributed by atoms with Gasteiger partial charge in [0, 0.05) is 24.5 Å². The number of hydrogen-bond donors (Lipinski definition) is 1. The lowest BCUT2D eigenvalue weighted by Crippen LogP contribution is -2.28. The van der Waals surface area contributed by atoms with E-state index in [0.29, 0.717) is 6.04 Å². The lowest BCUT2D eigenvalue weighted by Gasteiger charge is -2.11. The Kier molecular flexibility index (Phi) is 1.89. The van der Waals surface area contributed by atoms with Crippen LogP contribution >= 0.6 is 0 Å². The molecule has 1 atom stereocenters. The summed E-state index contributed by atoms with van der Waals surface area (Å²) < 4.78 is 2.13. The van der Waals surface area contributed by atoms with Crippen molar-refractivity contribution in [2.45, 2.75) is 32.4 Å². The minimum absolute atomic E-state index is 0.331. The summed E-state index contributed by atoms with van der Waals surface area (Å²) in [5.41, 5.74) is 7.19. The molecule has 0 aliphatic heterocycles. The molecule has 0 bridgehead atoms. The van der Waals surface area contributed by atoms with E-state index in [0.717, 1.165) is 12.5 Å². The maximum atomic E-state index is 5.99. The maximum Gasteiger partial charge on any atom is 0.0948 e. The molecule has 0 radical (unpaired) electrons. The van der Waals surface area contributed by atoms with Crippen LogP contribution in [0.5, 0.6) is 0 Å². The van der Waals surface area contributed by atoms with Crippen LogP contribution in [0.3, 0.4) is 0 Å². The molecule has 0 amide bonds. The van der Waals surface area contributed by atoms with Crippen molar-refractivity contribution in [3.05, 3.63) is 18.2 Å². The average Bonchev–Trinajstić information content (AvgIpc) is 2.80. The molecule has 1 aliphatic rings. The first-order chi connectivity index (χ1) is 5.77. The van der Waals surface area contributed by atoms with Crippen molar-refractivity contribution >= 4 is 0 Å². The van der Waals surface area contributed by atoms with Crippen LogP contribution in [0.15, 0.2) is 12.5 Å². The first-order valence-corrected chi connectivity index (χ1v) is 4.49. The first-order valence-electron chi connectivity index (χ1n) is 4.49. The third-order valence-electron chi connectivity index (χ3n) is 2.56. The van der Waals surface area contributed by atoms with Crippen LogP contribution in [-0.2, 0) is 6.54 Å². The van der Waals surface area contributed by atoms with Gasteiger partial charge in [0.1, 0.15) is 0 Å². The minimum Gasteiger partial charge on any atom is -0.333 e. The molecule has 0 aromatic carbocycles. The number of nitrogens with zero attached hydrogens (tertiary/aromatic N) is 2. The van der Waals surface area contributed by atoms with Crippen molar-refractivity contribution in [1.29, 1.82) is 0 Å². The highest BCUT2D eigenvalue weighted by molar-refractivity contribution is 4.96. The zero-order chi connectivity index (χ0) is 8.55. The third kappa shape index (κ3) is 1.50. The van der Waals surface area contributed by atoms with Crippen LogP contribution in [0.25, 0.3) is 0 Å². The molecular formula is C9H15N3. The Morgan fingerprint density at radius 3 is 3.00 bits per heavy atom. The summed E-state index contributed by atoms with van der Waals surface area (Å²) >= 11 is 0. The van der Waals surface area contributed by atoms with Gasteiger partial charge in [-0.3, -0.25) is 0 Å². The Morgan fingerprint density at radius 2 is 2.50 bits per heavy atom. The molecular weight excluding hydrogens is 150 g/mol. The van der Waals surface area contributed by atoms with E-state index in [2.05, 4.69) is 16.5 Å². The number of hydrogen-bond acceptors (Lipinski definition) is 2. The molecule has 66 valence electrons. The summed E-state index contributed by atoms with van der Waals surface area (Å²) in [5.74, 6) is 0.770. The van der Waals surface area contributed by atoms with E-state index in [4.69, 9.17) is 5.73 Å². The Balaban J connectivity index is 1.97. The Morgan fingerprint density at radius 1 is 1.75 bits per heavy atom. The molecule has 3 heteroatoms. The van der Waals surface area contributed by atoms with E-state index >= 15 is 0 Å². The van der Waals surface area contributed by atoms with E-state index in [1.807, 2.05) is 12.5 Å². The summed E-state index contributed by atoms with van der Waals surface area (Å²) in [6.45, 7) is 2.99. The van der Waals surface area contributed by atoms with Gasteiger partial charge in [-0.25, -0.2) is 4.98 Å². The van der Waals surface area contributed by atoms with Crippen molar-refractivity contribution in [3.8, 4) is 0 Å². The van der Waals surface area contributed by atoms with E-state index in [-0.39, 0.29) is 0 Å². The van der Waals surface area contributed by atoms with Crippen LogP contribution in [0.2, 0.25) is 0 Å². The smallest absolute Gasteiger partial charge is 0.0948 e. The van der Waals surface area contributed by atoms with E-state index in [1.165, 1.54) is 18.5 Å². The third-order valence-corrected chi connectivity index (χ3v) is 2.56. The summed E-state index contributed by atoms with van der Waals surface area (Å²) in [4.78, 5) is 4.06. The monoisotopic (exact) mass is 165 g/mol. The number of aromatic nitrogens is 2. The zero-order valence-corrected chi connectivity index (χ0v) is 7.40. The largest absolute Gasteiger partial charge is 0.333 e. The highest BCUT2D eigenvalue weighted by Gasteiger charge is 2.28. The minimum atomic E-state index is 0.331. The summed E-state index contributed by atoms with van der Waals surface area (Å²) in [6.07, 6.45) is 6.36. The first kappa shape index (κ1) is 7.80. The molecule has 1 aromatic rings. The van der Waals surface area contributed by atoms with Crippen molar-refractivity contribution in [2.24, 2.45) is 11.7 Å². The second-order valence-electron chi connectivity index (χ2n) is 3.69. The molecule has 1 unspecified atom stereocenters. The SMILES string of the molecule is Cc1cncn1CC(N)C1CC1. The van der Waals surface area contributed by atoms with E-state index in [9.17, 15) is 0 Å². The molecule has 1 saturated carbocycles. The number of nitrogens with two attached hydrogens (primary N) is 1. The lowest BCUT2D eigenvalue weighted by atomic mass is 10.2. The number of rotatable bonds is 3. The Hall–Kier alpha value is -0.830. The van der Waals surface area contributed by atoms with Gasteiger partial charge in [0.15, 0.2) is 0 Å².